The van der Waals surface area contributed by atoms with Gasteiger partial charge in [0.1, 0.15) is 11.5 Å². The first-order valence-electron chi connectivity index (χ1n) is 14.4. The van der Waals surface area contributed by atoms with Gasteiger partial charge in [0, 0.05) is 11.5 Å². The van der Waals surface area contributed by atoms with Crippen molar-refractivity contribution in [2.45, 2.75) is 39.2 Å². The van der Waals surface area contributed by atoms with E-state index in [1.54, 1.807) is 24.3 Å². The molecule has 0 N–H and O–H groups in total. The Morgan fingerprint density at radius 1 is 0.881 bits per heavy atom. The average molecular weight is 571 g/mol. The van der Waals surface area contributed by atoms with Crippen LogP contribution < -0.4 is 23.7 Å². The fraction of sp³-hybridized carbons (Fsp3) is 0.353. The maximum atomic E-state index is 14.3. The van der Waals surface area contributed by atoms with E-state index >= 15 is 0 Å². The van der Waals surface area contributed by atoms with Gasteiger partial charge in [0.05, 0.1) is 46.3 Å². The van der Waals surface area contributed by atoms with Gasteiger partial charge in [-0.25, -0.2) is 5.01 Å². The number of methoxy groups -OCH3 is 3. The number of nitrogens with zero attached hydrogens (tertiary/aromatic N) is 2. The molecule has 220 valence electrons. The Bertz CT molecular complexity index is 1440. The standard InChI is InChI=1S/C34H38N2O6/c1-6-41-26-15-11-22(12-16-26)19-24-9-8-10-28-31(24)35-36(32(28)23-13-17-27(18-14-23)42-7-2)34(37)25-20-29(38-3)33(40-5)30(21-25)39-4/h11-21,28,32H,6-10H2,1-5H3/b24-19+/t28-,32-/m0/s1. The van der Waals surface area contributed by atoms with Crippen molar-refractivity contribution in [2.24, 2.45) is 11.0 Å². The number of benzene rings is 3. The third-order valence-corrected chi connectivity index (χ3v) is 7.69. The zero-order valence-corrected chi connectivity index (χ0v) is 24.9. The number of ether oxygens (including phenoxy) is 5. The number of carbonyl (C=O) groups is 1. The van der Waals surface area contributed by atoms with Crippen molar-refractivity contribution >= 4 is 17.7 Å². The van der Waals surface area contributed by atoms with Gasteiger partial charge in [0.2, 0.25) is 5.75 Å². The molecule has 1 saturated carbocycles. The molecule has 8 nitrogen and oxygen atoms in total. The highest BCUT2D eigenvalue weighted by Crippen LogP contribution is 2.46. The van der Waals surface area contributed by atoms with Crippen LogP contribution in [-0.4, -0.2) is 51.2 Å². The minimum absolute atomic E-state index is 0.0524. The molecule has 0 unspecified atom stereocenters. The van der Waals surface area contributed by atoms with E-state index in [1.807, 2.05) is 50.2 Å². The van der Waals surface area contributed by atoms with Crippen molar-refractivity contribution in [3.63, 3.8) is 0 Å². The second kappa shape index (κ2) is 13.0. The molecule has 0 spiro atoms. The summed E-state index contributed by atoms with van der Waals surface area (Å²) in [6.45, 7) is 5.15. The molecule has 0 saturated heterocycles. The van der Waals surface area contributed by atoms with Crippen LogP contribution >= 0.6 is 0 Å². The molecule has 0 aromatic heterocycles. The third-order valence-electron chi connectivity index (χ3n) is 7.69. The molecule has 1 amide bonds. The first-order valence-corrected chi connectivity index (χ1v) is 14.4. The van der Waals surface area contributed by atoms with Crippen LogP contribution in [0, 0.1) is 5.92 Å². The summed E-state index contributed by atoms with van der Waals surface area (Å²) in [5.74, 6) is 2.71. The lowest BCUT2D eigenvalue weighted by Gasteiger charge is -2.30. The quantitative estimate of drug-likeness (QED) is 0.263. The van der Waals surface area contributed by atoms with E-state index in [4.69, 9.17) is 28.8 Å². The molecule has 2 aliphatic rings. The Hall–Kier alpha value is -4.46. The first-order chi connectivity index (χ1) is 20.5. The monoisotopic (exact) mass is 570 g/mol. The van der Waals surface area contributed by atoms with Crippen molar-refractivity contribution in [1.82, 2.24) is 5.01 Å². The van der Waals surface area contributed by atoms with Crippen LogP contribution in [0.1, 0.15) is 60.6 Å². The van der Waals surface area contributed by atoms with Gasteiger partial charge in [0.15, 0.2) is 11.5 Å². The van der Waals surface area contributed by atoms with Crippen LogP contribution in [0.25, 0.3) is 6.08 Å². The van der Waals surface area contributed by atoms with Gasteiger partial charge in [-0.15, -0.1) is 0 Å². The van der Waals surface area contributed by atoms with E-state index < -0.39 is 0 Å². The summed E-state index contributed by atoms with van der Waals surface area (Å²) in [4.78, 5) is 14.3. The van der Waals surface area contributed by atoms with Crippen LogP contribution in [0.4, 0.5) is 0 Å². The Kier molecular flexibility index (Phi) is 9.00. The fourth-order valence-electron chi connectivity index (χ4n) is 5.79. The lowest BCUT2D eigenvalue weighted by molar-refractivity contribution is 0.0680. The number of carbonyl (C=O) groups excluding carboxylic acids is 1. The average Bonchev–Trinajstić information content (AvgIpc) is 3.42. The topological polar surface area (TPSA) is 78.8 Å². The van der Waals surface area contributed by atoms with Crippen molar-refractivity contribution in [2.75, 3.05) is 34.5 Å². The largest absolute Gasteiger partial charge is 0.494 e. The van der Waals surface area contributed by atoms with E-state index in [0.717, 1.165) is 53.2 Å². The second-order valence-electron chi connectivity index (χ2n) is 10.2. The number of allylic oxidation sites excluding steroid dienone is 1. The lowest BCUT2D eigenvalue weighted by Crippen LogP contribution is -2.32. The molecule has 1 aliphatic heterocycles. The minimum Gasteiger partial charge on any atom is -0.494 e. The van der Waals surface area contributed by atoms with E-state index in [2.05, 4.69) is 18.2 Å². The molecular formula is C34H38N2O6. The molecule has 5 rings (SSSR count). The number of rotatable bonds is 10. The van der Waals surface area contributed by atoms with Gasteiger partial charge >= 0.3 is 0 Å². The SMILES string of the molecule is CCOc1ccc(/C=C2\CCC[C@H]3C2=NN(C(=O)c2cc(OC)c(OC)c(OC)c2)[C@H]3c2ccc(OCC)cc2)cc1. The van der Waals surface area contributed by atoms with Gasteiger partial charge in [-0.2, -0.15) is 5.10 Å². The number of hydrazone groups is 1. The number of hydrogen-bond acceptors (Lipinski definition) is 7. The highest BCUT2D eigenvalue weighted by Gasteiger charge is 2.44. The Morgan fingerprint density at radius 2 is 1.48 bits per heavy atom. The summed E-state index contributed by atoms with van der Waals surface area (Å²) in [5, 5.41) is 6.68. The zero-order chi connectivity index (χ0) is 29.6. The predicted molar refractivity (Wildman–Crippen MR) is 163 cm³/mol. The van der Waals surface area contributed by atoms with Gasteiger partial charge in [0.25, 0.3) is 5.91 Å². The Labute approximate surface area is 247 Å². The molecular weight excluding hydrogens is 532 g/mol. The smallest absolute Gasteiger partial charge is 0.274 e. The molecule has 1 aliphatic carbocycles. The van der Waals surface area contributed by atoms with Crippen LogP contribution in [0.2, 0.25) is 0 Å². The van der Waals surface area contributed by atoms with Crippen LogP contribution in [0.5, 0.6) is 28.7 Å². The Morgan fingerprint density at radius 3 is 2.02 bits per heavy atom. The zero-order valence-electron chi connectivity index (χ0n) is 24.9. The molecule has 42 heavy (non-hydrogen) atoms. The summed E-state index contributed by atoms with van der Waals surface area (Å²) < 4.78 is 27.9. The molecule has 3 aromatic carbocycles. The fourth-order valence-corrected chi connectivity index (χ4v) is 5.79. The predicted octanol–water partition coefficient (Wildman–Crippen LogP) is 6.95. The molecule has 0 radical (unpaired) electrons. The summed E-state index contributed by atoms with van der Waals surface area (Å²) in [6, 6.07) is 19.1. The van der Waals surface area contributed by atoms with Crippen LogP contribution in [0.3, 0.4) is 0 Å². The second-order valence-corrected chi connectivity index (χ2v) is 10.2. The van der Waals surface area contributed by atoms with Gasteiger partial charge in [-0.3, -0.25) is 4.79 Å². The summed E-state index contributed by atoms with van der Waals surface area (Å²) in [7, 11) is 4.62. The highest BCUT2D eigenvalue weighted by molar-refractivity contribution is 6.09. The van der Waals surface area contributed by atoms with E-state index in [-0.39, 0.29) is 17.9 Å². The van der Waals surface area contributed by atoms with Crippen molar-refractivity contribution in [1.29, 1.82) is 0 Å². The number of hydrogen-bond donors (Lipinski definition) is 0. The van der Waals surface area contributed by atoms with Gasteiger partial charge in [-0.1, -0.05) is 24.3 Å². The van der Waals surface area contributed by atoms with Crippen LogP contribution in [-0.2, 0) is 0 Å². The van der Waals surface area contributed by atoms with Crippen molar-refractivity contribution < 1.29 is 28.5 Å². The number of amides is 1. The molecule has 2 atom stereocenters. The molecule has 3 aromatic rings. The van der Waals surface area contributed by atoms with E-state index in [1.165, 1.54) is 14.2 Å². The van der Waals surface area contributed by atoms with Gasteiger partial charge in [-0.05, 0) is 92.3 Å². The van der Waals surface area contributed by atoms with E-state index in [9.17, 15) is 4.79 Å². The Balaban J connectivity index is 1.57. The van der Waals surface area contributed by atoms with Gasteiger partial charge < -0.3 is 23.7 Å². The van der Waals surface area contributed by atoms with E-state index in [0.29, 0.717) is 36.0 Å². The van der Waals surface area contributed by atoms with Crippen LogP contribution in [0.15, 0.2) is 71.3 Å². The summed E-state index contributed by atoms with van der Waals surface area (Å²) in [6.07, 6.45) is 5.01. The molecule has 8 heteroatoms. The summed E-state index contributed by atoms with van der Waals surface area (Å²) in [5.41, 5.74) is 4.58. The van der Waals surface area contributed by atoms with Crippen molar-refractivity contribution in [3.05, 3.63) is 82.9 Å². The molecule has 1 fully saturated rings. The lowest BCUT2D eigenvalue weighted by atomic mass is 9.77. The first kappa shape index (κ1) is 29.0. The maximum Gasteiger partial charge on any atom is 0.274 e. The number of fused-ring (bicyclic) bond motifs is 1. The maximum absolute atomic E-state index is 14.3. The highest BCUT2D eigenvalue weighted by atomic mass is 16.5. The summed E-state index contributed by atoms with van der Waals surface area (Å²) >= 11 is 0. The molecule has 1 heterocycles. The minimum atomic E-state index is -0.272. The van der Waals surface area contributed by atoms with Crippen molar-refractivity contribution in [3.8, 4) is 28.7 Å². The normalized spacial score (nSPS) is 18.7. The third kappa shape index (κ3) is 5.79. The molecule has 0 bridgehead atoms.